The molecule has 0 heterocycles. The van der Waals surface area contributed by atoms with E-state index in [-0.39, 0.29) is 0 Å². The molecule has 0 aliphatic carbocycles. The lowest BCUT2D eigenvalue weighted by molar-refractivity contribution is 0.269. The predicted octanol–water partition coefficient (Wildman–Crippen LogP) is 6.22. The molecule has 174 valence electrons. The van der Waals surface area contributed by atoms with Crippen LogP contribution in [-0.2, 0) is 13.2 Å². The highest BCUT2D eigenvalue weighted by atomic mass is 79.9. The van der Waals surface area contributed by atoms with Crippen LogP contribution in [0.25, 0.3) is 0 Å². The van der Waals surface area contributed by atoms with Crippen molar-refractivity contribution in [2.75, 3.05) is 20.8 Å². The first-order valence-corrected chi connectivity index (χ1v) is 11.5. The molecule has 3 rings (SSSR count). The molecule has 0 atom stereocenters. The molecule has 0 radical (unpaired) electrons. The highest BCUT2D eigenvalue weighted by Crippen LogP contribution is 2.37. The van der Waals surface area contributed by atoms with E-state index in [4.69, 9.17) is 30.5 Å². The molecule has 0 spiro atoms. The lowest BCUT2D eigenvalue weighted by Gasteiger charge is -2.14. The third-order valence-electron chi connectivity index (χ3n) is 4.66. The lowest BCUT2D eigenvalue weighted by atomic mass is 10.2. The maximum atomic E-state index is 6.51. The maximum Gasteiger partial charge on any atom is 0.180 e. The average Bonchev–Trinajstić information content (AvgIpc) is 2.82. The van der Waals surface area contributed by atoms with Crippen molar-refractivity contribution in [3.8, 4) is 23.0 Å². The van der Waals surface area contributed by atoms with Gasteiger partial charge in [-0.3, -0.25) is 0 Å². The number of rotatable bonds is 11. The molecule has 3 aromatic carbocycles. The Morgan fingerprint density at radius 1 is 0.909 bits per heavy atom. The molecular weight excluding hydrogens is 508 g/mol. The average molecular weight is 534 g/mol. The zero-order valence-electron chi connectivity index (χ0n) is 18.7. The Morgan fingerprint density at radius 3 is 2.33 bits per heavy atom. The number of benzene rings is 3. The molecule has 0 aliphatic heterocycles. The third kappa shape index (κ3) is 7.04. The van der Waals surface area contributed by atoms with Gasteiger partial charge in [-0.2, -0.15) is 5.10 Å². The summed E-state index contributed by atoms with van der Waals surface area (Å²) in [5.74, 6) is 2.44. The van der Waals surface area contributed by atoms with Crippen LogP contribution in [0.3, 0.4) is 0 Å². The van der Waals surface area contributed by atoms with E-state index in [2.05, 4.69) is 26.5 Å². The molecule has 8 heteroatoms. The second-order valence-corrected chi connectivity index (χ2v) is 8.28. The van der Waals surface area contributed by atoms with Gasteiger partial charge in [-0.25, -0.2) is 0 Å². The molecule has 1 N–H and O–H groups in total. The highest BCUT2D eigenvalue weighted by Gasteiger charge is 2.13. The van der Waals surface area contributed by atoms with Crippen molar-refractivity contribution in [3.63, 3.8) is 0 Å². The Morgan fingerprint density at radius 2 is 1.64 bits per heavy atom. The summed E-state index contributed by atoms with van der Waals surface area (Å²) in [7, 11) is 3.22. The van der Waals surface area contributed by atoms with E-state index in [9.17, 15) is 0 Å². The zero-order valence-corrected chi connectivity index (χ0v) is 21.1. The monoisotopic (exact) mass is 532 g/mol. The highest BCUT2D eigenvalue weighted by molar-refractivity contribution is 9.10. The van der Waals surface area contributed by atoms with Crippen LogP contribution in [0.15, 0.2) is 64.2 Å². The minimum atomic E-state index is 0.382. The van der Waals surface area contributed by atoms with Crippen molar-refractivity contribution in [1.82, 2.24) is 5.43 Å². The van der Waals surface area contributed by atoms with Crippen molar-refractivity contribution >= 4 is 33.7 Å². The van der Waals surface area contributed by atoms with Gasteiger partial charge in [0.25, 0.3) is 0 Å². The Bertz CT molecular complexity index is 1090. The fourth-order valence-corrected chi connectivity index (χ4v) is 3.59. The number of ether oxygens (including phenoxy) is 4. The van der Waals surface area contributed by atoms with E-state index in [0.29, 0.717) is 47.8 Å². The lowest BCUT2D eigenvalue weighted by Crippen LogP contribution is -2.06. The van der Waals surface area contributed by atoms with Crippen LogP contribution in [0.4, 0.5) is 0 Å². The quantitative estimate of drug-likeness (QED) is 0.234. The molecule has 0 aliphatic rings. The Balaban J connectivity index is 1.66. The molecule has 0 bridgehead atoms. The molecule has 0 saturated carbocycles. The Kier molecular flexibility index (Phi) is 9.27. The summed E-state index contributed by atoms with van der Waals surface area (Å²) in [5, 5.41) is 4.76. The number of hydrogen-bond donors (Lipinski definition) is 1. The van der Waals surface area contributed by atoms with Gasteiger partial charge in [0.2, 0.25) is 0 Å². The second-order valence-electron chi connectivity index (χ2n) is 6.96. The Labute approximate surface area is 207 Å². The molecule has 0 amide bonds. The molecule has 0 saturated heterocycles. The number of halogens is 2. The maximum absolute atomic E-state index is 6.51. The van der Waals surface area contributed by atoms with Crippen molar-refractivity contribution in [3.05, 3.63) is 80.8 Å². The zero-order chi connectivity index (χ0) is 23.6. The van der Waals surface area contributed by atoms with Gasteiger partial charge in [0.15, 0.2) is 23.0 Å². The summed E-state index contributed by atoms with van der Waals surface area (Å²) in [5.41, 5.74) is 5.86. The molecule has 0 aromatic heterocycles. The van der Waals surface area contributed by atoms with Crippen LogP contribution < -0.4 is 24.4 Å². The largest absolute Gasteiger partial charge is 0.493 e. The van der Waals surface area contributed by atoms with Crippen LogP contribution >= 0.6 is 27.5 Å². The van der Waals surface area contributed by atoms with Crippen LogP contribution in [0.5, 0.6) is 23.0 Å². The van der Waals surface area contributed by atoms with Gasteiger partial charge in [0.05, 0.1) is 38.6 Å². The van der Waals surface area contributed by atoms with E-state index in [1.807, 2.05) is 55.5 Å². The van der Waals surface area contributed by atoms with Gasteiger partial charge in [-0.1, -0.05) is 45.7 Å². The van der Waals surface area contributed by atoms with E-state index in [0.717, 1.165) is 21.2 Å². The van der Waals surface area contributed by atoms with E-state index < -0.39 is 0 Å². The molecule has 3 aromatic rings. The summed E-state index contributed by atoms with van der Waals surface area (Å²) in [4.78, 5) is 0. The summed E-state index contributed by atoms with van der Waals surface area (Å²) >= 11 is 9.95. The van der Waals surface area contributed by atoms with Gasteiger partial charge < -0.3 is 24.4 Å². The van der Waals surface area contributed by atoms with Crippen LogP contribution in [0.2, 0.25) is 5.02 Å². The second kappa shape index (κ2) is 12.4. The fourth-order valence-electron chi connectivity index (χ4n) is 3.05. The van der Waals surface area contributed by atoms with Gasteiger partial charge in [0, 0.05) is 4.47 Å². The molecule has 0 fully saturated rings. The first kappa shape index (κ1) is 24.7. The normalized spacial score (nSPS) is 10.8. The van der Waals surface area contributed by atoms with Gasteiger partial charge in [-0.05, 0) is 60.0 Å². The SMILES string of the molecule is CCOc1cc(/C=N\NCc2ccc(OC)c(OC)c2)cc(Cl)c1OCc1ccc(Br)cc1. The van der Waals surface area contributed by atoms with Crippen LogP contribution in [-0.4, -0.2) is 27.0 Å². The summed E-state index contributed by atoms with van der Waals surface area (Å²) in [6.07, 6.45) is 1.69. The topological polar surface area (TPSA) is 61.3 Å². The molecular formula is C25H26BrClN2O4. The number of hydrazone groups is 1. The first-order chi connectivity index (χ1) is 16.0. The fraction of sp³-hybridized carbons (Fsp3) is 0.240. The minimum Gasteiger partial charge on any atom is -0.493 e. The summed E-state index contributed by atoms with van der Waals surface area (Å²) < 4.78 is 23.3. The first-order valence-electron chi connectivity index (χ1n) is 10.3. The summed E-state index contributed by atoms with van der Waals surface area (Å²) in [6.45, 7) is 3.31. The predicted molar refractivity (Wildman–Crippen MR) is 135 cm³/mol. The van der Waals surface area contributed by atoms with E-state index >= 15 is 0 Å². The number of hydrogen-bond acceptors (Lipinski definition) is 6. The smallest absolute Gasteiger partial charge is 0.180 e. The number of nitrogens with zero attached hydrogens (tertiary/aromatic N) is 1. The van der Waals surface area contributed by atoms with Crippen molar-refractivity contribution in [2.45, 2.75) is 20.1 Å². The standard InChI is InChI=1S/C25H26BrClN2O4/c1-4-32-24-13-19(11-21(27)25(24)33-16-17-5-8-20(26)9-6-17)15-29-28-14-18-7-10-22(30-2)23(12-18)31-3/h5-13,15,28H,4,14,16H2,1-3H3/b29-15-. The Hall–Kier alpha value is -2.90. The van der Waals surface area contributed by atoms with Gasteiger partial charge in [0.1, 0.15) is 6.61 Å². The van der Waals surface area contributed by atoms with E-state index in [1.165, 1.54) is 0 Å². The van der Waals surface area contributed by atoms with Crippen molar-refractivity contribution < 1.29 is 18.9 Å². The van der Waals surface area contributed by atoms with Crippen LogP contribution in [0, 0.1) is 0 Å². The summed E-state index contributed by atoms with van der Waals surface area (Å²) in [6, 6.07) is 17.3. The molecule has 33 heavy (non-hydrogen) atoms. The van der Waals surface area contributed by atoms with Crippen molar-refractivity contribution in [1.29, 1.82) is 0 Å². The third-order valence-corrected chi connectivity index (χ3v) is 5.47. The number of methoxy groups -OCH3 is 2. The van der Waals surface area contributed by atoms with Gasteiger partial charge in [-0.15, -0.1) is 0 Å². The van der Waals surface area contributed by atoms with Crippen LogP contribution in [0.1, 0.15) is 23.6 Å². The van der Waals surface area contributed by atoms with Gasteiger partial charge >= 0.3 is 0 Å². The minimum absolute atomic E-state index is 0.382. The number of nitrogens with one attached hydrogen (secondary N) is 1. The van der Waals surface area contributed by atoms with E-state index in [1.54, 1.807) is 26.5 Å². The molecule has 0 unspecified atom stereocenters. The van der Waals surface area contributed by atoms with Crippen molar-refractivity contribution in [2.24, 2.45) is 5.10 Å². The molecule has 6 nitrogen and oxygen atoms in total.